The summed E-state index contributed by atoms with van der Waals surface area (Å²) < 4.78 is 59.4. The van der Waals surface area contributed by atoms with Gasteiger partial charge in [0, 0.05) is 93.5 Å². The van der Waals surface area contributed by atoms with Crippen molar-refractivity contribution in [2.24, 2.45) is 0 Å². The molecular formula is C107H152ClN7O18S. The molecule has 0 aromatic heterocycles. The zero-order chi connectivity index (χ0) is 97.8. The number of carbonyl (C=O) groups is 7. The van der Waals surface area contributed by atoms with E-state index in [2.05, 4.69) is 135 Å². The van der Waals surface area contributed by atoms with Crippen LogP contribution in [0, 0.1) is 0 Å². The number of benzene rings is 7. The fraction of sp³-hybridized carbons (Fsp3) is 0.542. The van der Waals surface area contributed by atoms with E-state index in [0.717, 1.165) is 66.8 Å². The van der Waals surface area contributed by atoms with Gasteiger partial charge in [0.2, 0.25) is 0 Å². The van der Waals surface area contributed by atoms with Crippen LogP contribution in [0.5, 0.6) is 0 Å². The average Bonchev–Trinajstić information content (AvgIpc) is 1.67. The maximum absolute atomic E-state index is 12.5. The molecule has 0 radical (unpaired) electrons. The highest BCUT2D eigenvalue weighted by Gasteiger charge is 2.46. The largest absolute Gasteiger partial charge is 0.480 e. The smallest absolute Gasteiger partial charge is 0.411 e. The summed E-state index contributed by atoms with van der Waals surface area (Å²) in [6.45, 7) is 42.6. The van der Waals surface area contributed by atoms with Gasteiger partial charge in [0.25, 0.3) is 10.1 Å². The lowest BCUT2D eigenvalue weighted by Crippen LogP contribution is -2.43. The second-order valence-corrected chi connectivity index (χ2v) is 42.6. The Morgan fingerprint density at radius 2 is 0.649 bits per heavy atom. The Bertz CT molecular complexity index is 4850. The van der Waals surface area contributed by atoms with Crippen LogP contribution in [-0.2, 0) is 52.3 Å². The molecule has 5 amide bonds. The van der Waals surface area contributed by atoms with Crippen LogP contribution < -0.4 is 5.32 Å². The Hall–Kier alpha value is -10.1. The van der Waals surface area contributed by atoms with Gasteiger partial charge in [0.15, 0.2) is 0 Å². The highest BCUT2D eigenvalue weighted by atomic mass is 35.5. The van der Waals surface area contributed by atoms with E-state index < -0.39 is 80.4 Å². The summed E-state index contributed by atoms with van der Waals surface area (Å²) in [5.74, 6) is 1.06. The minimum atomic E-state index is -3.56. The highest BCUT2D eigenvalue weighted by Crippen LogP contribution is 2.40. The first-order chi connectivity index (χ1) is 62.6. The number of rotatable bonds is 15. The number of likely N-dealkylation sites (tertiary alicyclic amines) is 6. The van der Waals surface area contributed by atoms with Crippen molar-refractivity contribution in [2.45, 2.75) is 295 Å². The molecule has 7 aliphatic heterocycles. The molecule has 14 atom stereocenters. The van der Waals surface area contributed by atoms with E-state index in [1.165, 1.54) is 71.5 Å². The molecule has 27 heteroatoms. The molecule has 25 nitrogen and oxygen atoms in total. The van der Waals surface area contributed by atoms with E-state index in [-0.39, 0.29) is 79.6 Å². The predicted octanol–water partition coefficient (Wildman–Crippen LogP) is 21.0. The topological polar surface area (TPSA) is 290 Å². The number of aliphatic hydroxyl groups is 1. The predicted molar refractivity (Wildman–Crippen MR) is 529 cm³/mol. The van der Waals surface area contributed by atoms with E-state index in [1.54, 1.807) is 51.3 Å². The number of aliphatic hydroxyl groups excluding tert-OH is 1. The van der Waals surface area contributed by atoms with Crippen molar-refractivity contribution in [3.05, 3.63) is 251 Å². The van der Waals surface area contributed by atoms with Crippen LogP contribution >= 0.6 is 12.4 Å². The number of hydrogen-bond donors (Lipinski definition) is 3. The highest BCUT2D eigenvalue weighted by molar-refractivity contribution is 7.86. The number of halogens is 1. The van der Waals surface area contributed by atoms with Crippen molar-refractivity contribution < 1.29 is 84.8 Å². The van der Waals surface area contributed by atoms with Gasteiger partial charge in [-0.05, 0) is 233 Å². The summed E-state index contributed by atoms with van der Waals surface area (Å²) in [5.41, 5.74) is 6.02. The molecule has 0 aliphatic carbocycles. The van der Waals surface area contributed by atoms with Gasteiger partial charge in [-0.25, -0.2) is 33.6 Å². The van der Waals surface area contributed by atoms with E-state index in [0.29, 0.717) is 57.4 Å². The lowest BCUT2D eigenvalue weighted by atomic mass is 9.96. The number of methoxy groups -OCH3 is 1. The van der Waals surface area contributed by atoms with Gasteiger partial charge in [-0.3, -0.25) is 14.0 Å². The molecular weight excluding hydrogens is 1740 g/mol. The Kier molecular flexibility index (Phi) is 42.4. The van der Waals surface area contributed by atoms with Gasteiger partial charge in [-0.1, -0.05) is 219 Å². The molecule has 134 heavy (non-hydrogen) atoms. The van der Waals surface area contributed by atoms with E-state index in [1.807, 2.05) is 182 Å². The Labute approximate surface area is 804 Å². The van der Waals surface area contributed by atoms with Gasteiger partial charge in [-0.2, -0.15) is 8.42 Å². The maximum Gasteiger partial charge on any atom is 0.411 e. The van der Waals surface area contributed by atoms with Crippen molar-refractivity contribution in [3.63, 3.8) is 0 Å². The van der Waals surface area contributed by atoms with E-state index in [4.69, 9.17) is 32.6 Å². The molecule has 14 rings (SSSR count). The van der Waals surface area contributed by atoms with Crippen LogP contribution in [0.15, 0.2) is 212 Å². The quantitative estimate of drug-likeness (QED) is 0.0488. The normalized spacial score (nSPS) is 23.3. The number of nitrogens with zero attached hydrogens (tertiary/aromatic N) is 6. The van der Waals surface area contributed by atoms with Crippen LogP contribution in [0.1, 0.15) is 263 Å². The number of esters is 1. The number of carbonyl (C=O) groups excluding carboxylic acids is 6. The fourth-order valence-corrected chi connectivity index (χ4v) is 18.2. The Morgan fingerprint density at radius 3 is 0.963 bits per heavy atom. The lowest BCUT2D eigenvalue weighted by molar-refractivity contribution is -0.145. The molecule has 3 N–H and O–H groups in total. The molecule has 0 spiro atoms. The van der Waals surface area contributed by atoms with Crippen molar-refractivity contribution in [1.82, 2.24) is 34.7 Å². The summed E-state index contributed by atoms with van der Waals surface area (Å²) in [4.78, 5) is 95.3. The van der Waals surface area contributed by atoms with Crippen molar-refractivity contribution in [1.29, 1.82) is 0 Å². The second-order valence-electron chi connectivity index (χ2n) is 40.9. The number of amides is 5. The van der Waals surface area contributed by atoms with E-state index in [9.17, 15) is 52.2 Å². The first kappa shape index (κ1) is 111. The number of nitrogens with one attached hydrogen (secondary N) is 1. The molecule has 736 valence electrons. The van der Waals surface area contributed by atoms with Gasteiger partial charge in [0.1, 0.15) is 40.1 Å². The van der Waals surface area contributed by atoms with E-state index >= 15 is 0 Å². The molecule has 7 fully saturated rings. The Balaban J connectivity index is 0.000000215. The van der Waals surface area contributed by atoms with Crippen LogP contribution in [0.25, 0.3) is 0 Å². The summed E-state index contributed by atoms with van der Waals surface area (Å²) in [5, 5.41) is 22.3. The van der Waals surface area contributed by atoms with Crippen LogP contribution in [-0.4, -0.2) is 240 Å². The zero-order valence-corrected chi connectivity index (χ0v) is 84.6. The number of carboxylic acid groups (broad SMARTS) is 1. The molecule has 7 aliphatic rings. The third-order valence-electron chi connectivity index (χ3n) is 24.1. The first-order valence-electron chi connectivity index (χ1n) is 47.1. The number of aliphatic carboxylic acids is 1. The Morgan fingerprint density at radius 1 is 0.373 bits per heavy atom. The molecule has 0 bridgehead atoms. The summed E-state index contributed by atoms with van der Waals surface area (Å²) >= 11 is 0. The second kappa shape index (κ2) is 51.2. The summed E-state index contributed by atoms with van der Waals surface area (Å²) in [7, 11) is -2.22. The monoisotopic (exact) mass is 1890 g/mol. The minimum absolute atomic E-state index is 0. The van der Waals surface area contributed by atoms with Crippen molar-refractivity contribution >= 4 is 64.9 Å². The molecule has 7 aromatic carbocycles. The lowest BCUT2D eigenvalue weighted by Gasteiger charge is -2.28. The maximum atomic E-state index is 12.5. The molecule has 0 saturated carbocycles. The first-order valence-corrected chi connectivity index (χ1v) is 49.0. The molecule has 7 saturated heterocycles. The van der Waals surface area contributed by atoms with Crippen LogP contribution in [0.2, 0.25) is 0 Å². The van der Waals surface area contributed by atoms with Gasteiger partial charge in [0.05, 0.1) is 38.7 Å². The number of hydrogen-bond acceptors (Lipinski definition) is 19. The molecule has 7 heterocycles. The number of carboxylic acids is 1. The minimum Gasteiger partial charge on any atom is -0.480 e. The fourth-order valence-electron chi connectivity index (χ4n) is 17.8. The number of ether oxygens (including phenoxy) is 6. The zero-order valence-electron chi connectivity index (χ0n) is 82.9. The summed E-state index contributed by atoms with van der Waals surface area (Å²) in [6, 6.07) is 71.4. The third kappa shape index (κ3) is 36.5. The third-order valence-corrected chi connectivity index (χ3v) is 24.6. The summed E-state index contributed by atoms with van der Waals surface area (Å²) in [6.07, 6.45) is 6.26. The molecule has 7 aromatic rings. The van der Waals surface area contributed by atoms with Crippen molar-refractivity contribution in [3.8, 4) is 0 Å². The van der Waals surface area contributed by atoms with Gasteiger partial charge >= 0.3 is 42.4 Å². The van der Waals surface area contributed by atoms with Crippen LogP contribution in [0.4, 0.5) is 24.0 Å². The van der Waals surface area contributed by atoms with Crippen molar-refractivity contribution in [2.75, 3.05) is 78.9 Å². The SMILES string of the molecule is CC(C)(C)OC(=O)N1C[C@H](c2ccccc2)C[C@H]1C(=O)O.CC(C)(C)OC(=O)N1C[C@H](c2ccccc2)C[C@H]1CO.CC(C)(C)OC(=O)N1C[C@H](c2ccccc2)C[C@H]1COS(C)(=O)=O.CCCN1C[C@H](c2ccccc2)C[C@H]1C.COC(=O)[C@@H]1C[C@@H](c2ccccc2)CN1C(=O)OC(C)(C)C.C[C@@H]1C[C@@H](c2ccccc2)CN1.C[C@@H]1C[C@@H](c2ccccc2)CN1C(=O)OC(C)(C)C.Cl. The van der Waals surface area contributed by atoms with Gasteiger partial charge < -0.3 is 63.6 Å². The van der Waals surface area contributed by atoms with Crippen LogP contribution in [0.3, 0.4) is 0 Å². The average molecular weight is 1890 g/mol. The molecule has 0 unspecified atom stereocenters. The standard InChI is InChI=1S/C17H25NO5S.C17H23NO4.C16H21NO4.C16H23NO3.C16H23NO2.C14H21N.C11H15N.ClH/c1-17(2,3)23-16(19)18-11-14(13-8-6-5-7-9-13)10-15(18)12-22-24(4,20)21;1-17(2,3)22-16(20)18-11-13(10-14(18)15(19)21-4)12-8-6-5-7-9-12;1-16(2,3)21-15(20)17-10-12(9-13(17)14(18)19)11-7-5-4-6-8-11;1-16(2,3)20-15(19)17-10-13(9-14(17)11-18)12-7-5-4-6-8-12;1-12-10-14(13-8-6-5-7-9-13)11-17(12)15(18)19-16(2,3)4;1-3-9-15-11-14(10-12(15)2)13-7-5-4-6-8-13;1-9-7-11(8-12-9)10-5-3-2-4-6-10;/h5-9,14-15H,10-12H2,1-4H3;5-9,13-14H,10-11H2,1-4H3;4-8,12-13H,9-10H2,1-3H3,(H,18,19);4-8,13-14,18H,9-11H2,1-3H3;5-9,12,14H,10-11H2,1-4H3;4-8,12,14H,3,9-11H2,1-2H3;2-6,9,11-12H,7-8H2,1H3;1H/t14-,15+;13-,14+;12-,13+;13-,14+;2*12-,14-;9-,11-;/m1111111./s1. The van der Waals surface area contributed by atoms with Gasteiger partial charge in [-0.15, -0.1) is 12.4 Å².